The number of carboxylic acid groups (broad SMARTS) is 1. The summed E-state index contributed by atoms with van der Waals surface area (Å²) in [6.45, 7) is 0.386. The lowest BCUT2D eigenvalue weighted by Gasteiger charge is -2.23. The average Bonchev–Trinajstić information content (AvgIpc) is 2.16. The highest BCUT2D eigenvalue weighted by atomic mass is 16.5. The van der Waals surface area contributed by atoms with Gasteiger partial charge in [0.25, 0.3) is 0 Å². The Bertz CT molecular complexity index is 376. The lowest BCUT2D eigenvalue weighted by Crippen LogP contribution is -2.34. The van der Waals surface area contributed by atoms with E-state index in [0.29, 0.717) is 18.8 Å². The molecule has 0 spiro atoms. The van der Waals surface area contributed by atoms with Crippen LogP contribution in [0.4, 0.5) is 0 Å². The summed E-state index contributed by atoms with van der Waals surface area (Å²) >= 11 is 0. The molecule has 0 amide bonds. The Morgan fingerprint density at radius 2 is 2.36 bits per heavy atom. The van der Waals surface area contributed by atoms with Gasteiger partial charge in [-0.25, -0.2) is 4.79 Å². The van der Waals surface area contributed by atoms with Gasteiger partial charge in [-0.2, -0.15) is 0 Å². The number of nitrogens with two attached hydrogens (primary N) is 1. The zero-order chi connectivity index (χ0) is 10.1. The summed E-state index contributed by atoms with van der Waals surface area (Å²) in [7, 11) is 0. The lowest BCUT2D eigenvalue weighted by atomic mass is 10.00. The normalized spacial score (nSPS) is 19.6. The molecule has 3 N–H and O–H groups in total. The maximum absolute atomic E-state index is 10.8. The SMILES string of the molecule is NC1COc2c(cccc2C(=O)O)C1. The van der Waals surface area contributed by atoms with Crippen molar-refractivity contribution in [1.29, 1.82) is 0 Å². The van der Waals surface area contributed by atoms with Gasteiger partial charge in [0.2, 0.25) is 0 Å². The van der Waals surface area contributed by atoms with Crippen molar-refractivity contribution in [2.75, 3.05) is 6.61 Å². The van der Waals surface area contributed by atoms with Crippen molar-refractivity contribution in [2.45, 2.75) is 12.5 Å². The lowest BCUT2D eigenvalue weighted by molar-refractivity contribution is 0.0690. The van der Waals surface area contributed by atoms with Crippen LogP contribution in [-0.2, 0) is 6.42 Å². The molecule has 74 valence electrons. The highest BCUT2D eigenvalue weighted by Gasteiger charge is 2.21. The standard InChI is InChI=1S/C10H11NO3/c11-7-4-6-2-1-3-8(10(12)13)9(6)14-5-7/h1-3,7H,4-5,11H2,(H,12,13). The van der Waals surface area contributed by atoms with Crippen LogP contribution < -0.4 is 10.5 Å². The molecule has 0 fully saturated rings. The number of ether oxygens (including phenoxy) is 1. The van der Waals surface area contributed by atoms with Crippen LogP contribution in [-0.4, -0.2) is 23.7 Å². The quantitative estimate of drug-likeness (QED) is 0.686. The molecule has 0 saturated heterocycles. The van der Waals surface area contributed by atoms with Crippen LogP contribution in [0.5, 0.6) is 5.75 Å². The topological polar surface area (TPSA) is 72.5 Å². The van der Waals surface area contributed by atoms with Crippen molar-refractivity contribution in [2.24, 2.45) is 5.73 Å². The number of benzene rings is 1. The predicted molar refractivity (Wildman–Crippen MR) is 50.6 cm³/mol. The van der Waals surface area contributed by atoms with E-state index in [0.717, 1.165) is 5.56 Å². The Hall–Kier alpha value is -1.55. The minimum absolute atomic E-state index is 0.0356. The maximum atomic E-state index is 10.8. The first-order chi connectivity index (χ1) is 6.68. The first-order valence-electron chi connectivity index (χ1n) is 4.42. The maximum Gasteiger partial charge on any atom is 0.339 e. The molecular weight excluding hydrogens is 182 g/mol. The zero-order valence-corrected chi connectivity index (χ0v) is 7.56. The summed E-state index contributed by atoms with van der Waals surface area (Å²) in [6.07, 6.45) is 0.677. The second-order valence-electron chi connectivity index (χ2n) is 3.37. The molecule has 1 atom stereocenters. The molecule has 1 aromatic rings. The van der Waals surface area contributed by atoms with Crippen LogP contribution in [0.25, 0.3) is 0 Å². The van der Waals surface area contributed by atoms with Crippen molar-refractivity contribution in [3.63, 3.8) is 0 Å². The van der Waals surface area contributed by atoms with Gasteiger partial charge in [0.1, 0.15) is 17.9 Å². The molecule has 14 heavy (non-hydrogen) atoms. The van der Waals surface area contributed by atoms with E-state index in [1.54, 1.807) is 6.07 Å². The zero-order valence-electron chi connectivity index (χ0n) is 7.56. The van der Waals surface area contributed by atoms with E-state index >= 15 is 0 Å². The number of hydrogen-bond donors (Lipinski definition) is 2. The number of hydrogen-bond acceptors (Lipinski definition) is 3. The van der Waals surface area contributed by atoms with Gasteiger partial charge in [-0.15, -0.1) is 0 Å². The monoisotopic (exact) mass is 193 g/mol. The largest absolute Gasteiger partial charge is 0.491 e. The van der Waals surface area contributed by atoms with Gasteiger partial charge in [0.15, 0.2) is 0 Å². The van der Waals surface area contributed by atoms with E-state index < -0.39 is 5.97 Å². The van der Waals surface area contributed by atoms with Crippen molar-refractivity contribution in [3.05, 3.63) is 29.3 Å². The molecule has 2 rings (SSSR count). The second-order valence-corrected chi connectivity index (χ2v) is 3.37. The molecule has 1 heterocycles. The average molecular weight is 193 g/mol. The number of rotatable bonds is 1. The fourth-order valence-electron chi connectivity index (χ4n) is 1.62. The Labute approximate surface area is 81.3 Å². The number of carboxylic acids is 1. The van der Waals surface area contributed by atoms with Crippen LogP contribution in [0.1, 0.15) is 15.9 Å². The second kappa shape index (κ2) is 3.31. The summed E-state index contributed by atoms with van der Waals surface area (Å²) in [5.41, 5.74) is 6.80. The smallest absolute Gasteiger partial charge is 0.339 e. The number of carbonyl (C=O) groups is 1. The van der Waals surface area contributed by atoms with Crippen LogP contribution in [0.2, 0.25) is 0 Å². The molecule has 0 bridgehead atoms. The third kappa shape index (κ3) is 1.44. The van der Waals surface area contributed by atoms with E-state index in [2.05, 4.69) is 0 Å². The van der Waals surface area contributed by atoms with Gasteiger partial charge in [-0.3, -0.25) is 0 Å². The van der Waals surface area contributed by atoms with Crippen LogP contribution in [0, 0.1) is 0 Å². The van der Waals surface area contributed by atoms with E-state index in [-0.39, 0.29) is 11.6 Å². The summed E-state index contributed by atoms with van der Waals surface area (Å²) in [6, 6.07) is 5.06. The van der Waals surface area contributed by atoms with E-state index in [4.69, 9.17) is 15.6 Å². The highest BCUT2D eigenvalue weighted by molar-refractivity contribution is 5.91. The summed E-state index contributed by atoms with van der Waals surface area (Å²) in [5, 5.41) is 8.90. The van der Waals surface area contributed by atoms with Crippen molar-refractivity contribution < 1.29 is 14.6 Å². The van der Waals surface area contributed by atoms with Gasteiger partial charge >= 0.3 is 5.97 Å². The van der Waals surface area contributed by atoms with Gasteiger partial charge in [0.05, 0.1) is 0 Å². The molecule has 1 unspecified atom stereocenters. The summed E-state index contributed by atoms with van der Waals surface area (Å²) in [5.74, 6) is -0.487. The fraction of sp³-hybridized carbons (Fsp3) is 0.300. The van der Waals surface area contributed by atoms with Gasteiger partial charge in [-0.05, 0) is 18.1 Å². The van der Waals surface area contributed by atoms with Crippen LogP contribution >= 0.6 is 0 Å². The highest BCUT2D eigenvalue weighted by Crippen LogP contribution is 2.28. The molecular formula is C10H11NO3. The Kier molecular flexibility index (Phi) is 2.13. The molecule has 0 aromatic heterocycles. The minimum Gasteiger partial charge on any atom is -0.491 e. The van der Waals surface area contributed by atoms with Gasteiger partial charge < -0.3 is 15.6 Å². The summed E-state index contributed by atoms with van der Waals surface area (Å²) in [4.78, 5) is 10.8. The predicted octanol–water partition coefficient (Wildman–Crippen LogP) is 0.647. The van der Waals surface area contributed by atoms with E-state index in [1.165, 1.54) is 6.07 Å². The fourth-order valence-corrected chi connectivity index (χ4v) is 1.62. The molecule has 1 aliphatic heterocycles. The van der Waals surface area contributed by atoms with Gasteiger partial charge in [-0.1, -0.05) is 12.1 Å². The Balaban J connectivity index is 2.46. The molecule has 1 aromatic carbocycles. The third-order valence-electron chi connectivity index (χ3n) is 2.25. The Morgan fingerprint density at radius 1 is 1.57 bits per heavy atom. The molecule has 4 nitrogen and oxygen atoms in total. The number of fused-ring (bicyclic) bond motifs is 1. The molecule has 4 heteroatoms. The molecule has 0 radical (unpaired) electrons. The van der Waals surface area contributed by atoms with Crippen molar-refractivity contribution in [1.82, 2.24) is 0 Å². The van der Waals surface area contributed by atoms with E-state index in [1.807, 2.05) is 6.07 Å². The van der Waals surface area contributed by atoms with Crippen LogP contribution in [0.15, 0.2) is 18.2 Å². The minimum atomic E-state index is -0.961. The first kappa shape index (κ1) is 9.02. The van der Waals surface area contributed by atoms with Crippen LogP contribution in [0.3, 0.4) is 0 Å². The summed E-state index contributed by atoms with van der Waals surface area (Å²) < 4.78 is 5.32. The van der Waals surface area contributed by atoms with Crippen molar-refractivity contribution in [3.8, 4) is 5.75 Å². The number of aromatic carboxylic acids is 1. The third-order valence-corrected chi connectivity index (χ3v) is 2.25. The molecule has 1 aliphatic rings. The first-order valence-corrected chi connectivity index (χ1v) is 4.42. The number of para-hydroxylation sites is 1. The molecule has 0 aliphatic carbocycles. The van der Waals surface area contributed by atoms with Gasteiger partial charge in [0, 0.05) is 6.04 Å². The molecule has 0 saturated carbocycles. The van der Waals surface area contributed by atoms with Crippen molar-refractivity contribution >= 4 is 5.97 Å². The Morgan fingerprint density at radius 3 is 3.07 bits per heavy atom. The van der Waals surface area contributed by atoms with E-state index in [9.17, 15) is 4.79 Å².